The van der Waals surface area contributed by atoms with Crippen molar-refractivity contribution in [2.45, 2.75) is 45.3 Å². The highest BCUT2D eigenvalue weighted by molar-refractivity contribution is 5.86. The molecule has 0 aliphatic heterocycles. The van der Waals surface area contributed by atoms with E-state index in [4.69, 9.17) is 4.74 Å². The second-order valence-electron chi connectivity index (χ2n) is 5.75. The largest absolute Gasteiger partial charge is 0.467 e. The highest BCUT2D eigenvalue weighted by Crippen LogP contribution is 2.08. The Bertz CT molecular complexity index is 473. The minimum absolute atomic E-state index is 0.196. The van der Waals surface area contributed by atoms with Crippen molar-refractivity contribution in [2.75, 3.05) is 7.11 Å². The summed E-state index contributed by atoms with van der Waals surface area (Å²) in [5, 5.41) is 12.4. The fraction of sp³-hybridized carbons (Fsp3) is 0.529. The first kappa shape index (κ1) is 18.2. The maximum absolute atomic E-state index is 12.0. The summed E-state index contributed by atoms with van der Waals surface area (Å²) in [5.74, 6) is -0.833. The van der Waals surface area contributed by atoms with Crippen molar-refractivity contribution in [3.8, 4) is 0 Å². The summed E-state index contributed by atoms with van der Waals surface area (Å²) in [6.07, 6.45) is 0.319. The smallest absolute Gasteiger partial charge is 0.328 e. The first-order chi connectivity index (χ1) is 10.4. The Morgan fingerprint density at radius 3 is 2.41 bits per heavy atom. The van der Waals surface area contributed by atoms with Crippen molar-refractivity contribution in [1.82, 2.24) is 5.32 Å². The monoisotopic (exact) mass is 307 g/mol. The van der Waals surface area contributed by atoms with Gasteiger partial charge >= 0.3 is 5.97 Å². The topological polar surface area (TPSA) is 75.6 Å². The van der Waals surface area contributed by atoms with Crippen LogP contribution < -0.4 is 5.32 Å². The number of hydrogen-bond donors (Lipinski definition) is 2. The molecule has 0 aromatic heterocycles. The first-order valence-corrected chi connectivity index (χ1v) is 7.54. The van der Waals surface area contributed by atoms with Gasteiger partial charge in [0, 0.05) is 0 Å². The fourth-order valence-electron chi connectivity index (χ4n) is 2.17. The summed E-state index contributed by atoms with van der Waals surface area (Å²) < 4.78 is 4.73. The SMILES string of the molecule is COC(=O)[C@H](CCc1ccccc1)NC(=O)[C@H](O)CC(C)C. The number of amides is 1. The van der Waals surface area contributed by atoms with Crippen molar-refractivity contribution in [2.24, 2.45) is 5.92 Å². The van der Waals surface area contributed by atoms with E-state index in [2.05, 4.69) is 5.32 Å². The van der Waals surface area contributed by atoms with E-state index in [-0.39, 0.29) is 5.92 Å². The first-order valence-electron chi connectivity index (χ1n) is 7.54. The van der Waals surface area contributed by atoms with Crippen LogP contribution in [0.15, 0.2) is 30.3 Å². The van der Waals surface area contributed by atoms with Crippen molar-refractivity contribution in [3.63, 3.8) is 0 Å². The summed E-state index contributed by atoms with van der Waals surface area (Å²) in [7, 11) is 1.29. The number of aryl methyl sites for hydroxylation is 1. The van der Waals surface area contributed by atoms with E-state index in [1.807, 2.05) is 44.2 Å². The number of ether oxygens (including phenoxy) is 1. The lowest BCUT2D eigenvalue weighted by Crippen LogP contribution is -2.46. The molecule has 0 unspecified atom stereocenters. The molecule has 1 aromatic carbocycles. The molecule has 0 bridgehead atoms. The lowest BCUT2D eigenvalue weighted by atomic mass is 10.0. The van der Waals surface area contributed by atoms with E-state index in [9.17, 15) is 14.7 Å². The van der Waals surface area contributed by atoms with Crippen LogP contribution in [-0.2, 0) is 20.7 Å². The molecule has 0 heterocycles. The lowest BCUT2D eigenvalue weighted by Gasteiger charge is -2.19. The Labute approximate surface area is 131 Å². The Balaban J connectivity index is 2.61. The van der Waals surface area contributed by atoms with E-state index in [1.165, 1.54) is 7.11 Å². The third-order valence-corrected chi connectivity index (χ3v) is 3.36. The van der Waals surface area contributed by atoms with Crippen LogP contribution in [0.1, 0.15) is 32.3 Å². The maximum atomic E-state index is 12.0. The predicted octanol–water partition coefficient (Wildman–Crippen LogP) is 1.68. The minimum Gasteiger partial charge on any atom is -0.467 e. The molecule has 5 heteroatoms. The van der Waals surface area contributed by atoms with Crippen LogP contribution in [-0.4, -0.2) is 36.2 Å². The zero-order chi connectivity index (χ0) is 16.5. The molecule has 0 saturated heterocycles. The molecule has 1 amide bonds. The number of carbonyl (C=O) groups is 2. The van der Waals surface area contributed by atoms with Gasteiger partial charge in [0.15, 0.2) is 0 Å². The van der Waals surface area contributed by atoms with E-state index >= 15 is 0 Å². The third-order valence-electron chi connectivity index (χ3n) is 3.36. The van der Waals surface area contributed by atoms with E-state index in [0.29, 0.717) is 19.3 Å². The molecule has 0 radical (unpaired) electrons. The predicted molar refractivity (Wildman–Crippen MR) is 84.2 cm³/mol. The van der Waals surface area contributed by atoms with Crippen molar-refractivity contribution >= 4 is 11.9 Å². The molecule has 5 nitrogen and oxygen atoms in total. The van der Waals surface area contributed by atoms with Crippen molar-refractivity contribution in [1.29, 1.82) is 0 Å². The molecular formula is C17H25NO4. The number of nitrogens with one attached hydrogen (secondary N) is 1. The van der Waals surface area contributed by atoms with Gasteiger partial charge in [-0.05, 0) is 30.7 Å². The quantitative estimate of drug-likeness (QED) is 0.717. The zero-order valence-corrected chi connectivity index (χ0v) is 13.4. The number of aliphatic hydroxyl groups excluding tert-OH is 1. The van der Waals surface area contributed by atoms with Gasteiger partial charge in [-0.25, -0.2) is 4.79 Å². The number of hydrogen-bond acceptors (Lipinski definition) is 4. The van der Waals surface area contributed by atoms with Crippen LogP contribution in [0.25, 0.3) is 0 Å². The van der Waals surface area contributed by atoms with Gasteiger partial charge in [-0.1, -0.05) is 44.2 Å². The lowest BCUT2D eigenvalue weighted by molar-refractivity contribution is -0.146. The summed E-state index contributed by atoms with van der Waals surface area (Å²) in [5.41, 5.74) is 1.08. The second-order valence-corrected chi connectivity index (χ2v) is 5.75. The summed E-state index contributed by atoms with van der Waals surface area (Å²) in [6, 6.07) is 8.94. The number of aliphatic hydroxyl groups is 1. The Morgan fingerprint density at radius 1 is 1.23 bits per heavy atom. The van der Waals surface area contributed by atoms with Crippen LogP contribution in [0.3, 0.4) is 0 Å². The van der Waals surface area contributed by atoms with Crippen molar-refractivity contribution in [3.05, 3.63) is 35.9 Å². The average Bonchev–Trinajstić information content (AvgIpc) is 2.50. The van der Waals surface area contributed by atoms with Crippen LogP contribution in [0, 0.1) is 5.92 Å². The Morgan fingerprint density at radius 2 is 1.86 bits per heavy atom. The number of methoxy groups -OCH3 is 1. The van der Waals surface area contributed by atoms with Crippen LogP contribution in [0.5, 0.6) is 0 Å². The van der Waals surface area contributed by atoms with E-state index < -0.39 is 24.0 Å². The van der Waals surface area contributed by atoms with Crippen molar-refractivity contribution < 1.29 is 19.4 Å². The molecule has 2 atom stereocenters. The fourth-order valence-corrected chi connectivity index (χ4v) is 2.17. The number of carbonyl (C=O) groups excluding carboxylic acids is 2. The molecule has 0 fully saturated rings. The van der Waals surface area contributed by atoms with Crippen LogP contribution >= 0.6 is 0 Å². The van der Waals surface area contributed by atoms with Crippen LogP contribution in [0.4, 0.5) is 0 Å². The van der Waals surface area contributed by atoms with E-state index in [0.717, 1.165) is 5.56 Å². The number of esters is 1. The molecule has 0 saturated carbocycles. The summed E-state index contributed by atoms with van der Waals surface area (Å²) >= 11 is 0. The molecule has 1 aromatic rings. The van der Waals surface area contributed by atoms with Gasteiger partial charge in [0.25, 0.3) is 0 Å². The van der Waals surface area contributed by atoms with Gasteiger partial charge in [-0.15, -0.1) is 0 Å². The van der Waals surface area contributed by atoms with Gasteiger partial charge in [-0.3, -0.25) is 4.79 Å². The molecule has 0 aliphatic rings. The minimum atomic E-state index is -1.11. The highest BCUT2D eigenvalue weighted by Gasteiger charge is 2.25. The Kier molecular flexibility index (Phi) is 7.60. The summed E-state index contributed by atoms with van der Waals surface area (Å²) in [4.78, 5) is 23.7. The van der Waals surface area contributed by atoms with Gasteiger partial charge in [0.05, 0.1) is 7.11 Å². The normalized spacial score (nSPS) is 13.5. The number of benzene rings is 1. The van der Waals surface area contributed by atoms with Gasteiger partial charge in [0.2, 0.25) is 5.91 Å². The van der Waals surface area contributed by atoms with Crippen LogP contribution in [0.2, 0.25) is 0 Å². The standard InChI is InChI=1S/C17H25NO4/c1-12(2)11-15(19)16(20)18-14(17(21)22-3)10-9-13-7-5-4-6-8-13/h4-8,12,14-15,19H,9-11H2,1-3H3,(H,18,20)/t14-,15+/m0/s1. The maximum Gasteiger partial charge on any atom is 0.328 e. The Hall–Kier alpha value is -1.88. The number of rotatable bonds is 8. The molecule has 2 N–H and O–H groups in total. The average molecular weight is 307 g/mol. The molecule has 0 spiro atoms. The second kappa shape index (κ2) is 9.20. The van der Waals surface area contributed by atoms with Gasteiger partial charge in [-0.2, -0.15) is 0 Å². The highest BCUT2D eigenvalue weighted by atomic mass is 16.5. The molecule has 122 valence electrons. The zero-order valence-electron chi connectivity index (χ0n) is 13.4. The molecule has 1 rings (SSSR count). The molecule has 22 heavy (non-hydrogen) atoms. The van der Waals surface area contributed by atoms with Gasteiger partial charge < -0.3 is 15.2 Å². The molecular weight excluding hydrogens is 282 g/mol. The summed E-state index contributed by atoms with van der Waals surface area (Å²) in [6.45, 7) is 3.84. The third kappa shape index (κ3) is 6.26. The van der Waals surface area contributed by atoms with E-state index in [1.54, 1.807) is 0 Å². The van der Waals surface area contributed by atoms with Gasteiger partial charge in [0.1, 0.15) is 12.1 Å². The molecule has 0 aliphatic carbocycles.